The Labute approximate surface area is 118 Å². The highest BCUT2D eigenvalue weighted by Gasteiger charge is 2.41. The summed E-state index contributed by atoms with van der Waals surface area (Å²) in [6.45, 7) is 3.57. The van der Waals surface area contributed by atoms with E-state index in [1.54, 1.807) is 37.3 Å². The second kappa shape index (κ2) is 5.39. The zero-order valence-electron chi connectivity index (χ0n) is 11.4. The molecule has 0 aromatic heterocycles. The Balaban J connectivity index is 2.22. The first-order chi connectivity index (χ1) is 9.36. The van der Waals surface area contributed by atoms with Crippen molar-refractivity contribution in [1.29, 1.82) is 0 Å². The molecule has 3 atom stereocenters. The predicted molar refractivity (Wildman–Crippen MR) is 77.5 cm³/mol. The van der Waals surface area contributed by atoms with E-state index in [1.165, 1.54) is 12.1 Å². The highest BCUT2D eigenvalue weighted by Crippen LogP contribution is 2.45. The van der Waals surface area contributed by atoms with Gasteiger partial charge in [0, 0.05) is 0 Å². The van der Waals surface area contributed by atoms with Crippen LogP contribution in [-0.4, -0.2) is 10.9 Å². The quantitative estimate of drug-likeness (QED) is 0.870. The first-order valence-corrected chi connectivity index (χ1v) is 7.92. The average molecular weight is 292 g/mol. The van der Waals surface area contributed by atoms with Gasteiger partial charge in [0.1, 0.15) is 0 Å². The fourth-order valence-corrected chi connectivity index (χ4v) is 3.05. The normalized spacial score (nSPS) is 27.9. The molecule has 0 saturated heterocycles. The van der Waals surface area contributed by atoms with Gasteiger partial charge in [-0.2, -0.15) is 0 Å². The van der Waals surface area contributed by atoms with Gasteiger partial charge in [-0.25, -0.2) is 4.57 Å². The number of carbonyl (C=O) groups excluding carboxylic acids is 1. The molecule has 0 bridgehead atoms. The highest BCUT2D eigenvalue weighted by atomic mass is 31.2. The zero-order chi connectivity index (χ0) is 14.8. The molecule has 3 unspecified atom stereocenters. The van der Waals surface area contributed by atoms with Gasteiger partial charge in [-0.1, -0.05) is 49.4 Å². The number of benzene rings is 1. The van der Waals surface area contributed by atoms with Gasteiger partial charge in [0.15, 0.2) is 0 Å². The predicted octanol–water partition coefficient (Wildman–Crippen LogP) is 2.81. The number of hydrogen-bond acceptors (Lipinski definition) is 3. The Morgan fingerprint density at radius 1 is 1.30 bits per heavy atom. The third kappa shape index (κ3) is 2.77. The molecule has 106 valence electrons. The summed E-state index contributed by atoms with van der Waals surface area (Å²) in [6, 6.07) is 7.91. The molecule has 1 aromatic rings. The Kier molecular flexibility index (Phi) is 3.98. The minimum atomic E-state index is -4.14. The average Bonchev–Trinajstić information content (AvgIpc) is 2.43. The lowest BCUT2D eigenvalue weighted by molar-refractivity contribution is -0.144. The maximum atomic E-state index is 12.3. The van der Waals surface area contributed by atoms with Crippen LogP contribution < -0.4 is 5.30 Å². The SMILES string of the molecule is CC1C=CC=CC1(C)C(=O)OP(=O)(O)c1ccccc1. The van der Waals surface area contributed by atoms with E-state index < -0.39 is 19.0 Å². The molecular weight excluding hydrogens is 275 g/mol. The Hall–Kier alpha value is -1.64. The minimum Gasteiger partial charge on any atom is -0.388 e. The number of hydrogen-bond donors (Lipinski definition) is 1. The molecule has 1 aliphatic rings. The van der Waals surface area contributed by atoms with Crippen LogP contribution in [0.25, 0.3) is 0 Å². The summed E-state index contributed by atoms with van der Waals surface area (Å²) in [7, 11) is -4.14. The van der Waals surface area contributed by atoms with E-state index >= 15 is 0 Å². The molecular formula is C15H17O4P. The summed E-state index contributed by atoms with van der Waals surface area (Å²) < 4.78 is 17.1. The second-order valence-corrected chi connectivity index (χ2v) is 6.79. The van der Waals surface area contributed by atoms with Crippen LogP contribution in [-0.2, 0) is 13.9 Å². The molecule has 0 saturated carbocycles. The molecule has 0 aliphatic heterocycles. The van der Waals surface area contributed by atoms with Gasteiger partial charge < -0.3 is 9.42 Å². The van der Waals surface area contributed by atoms with Gasteiger partial charge in [0.05, 0.1) is 10.7 Å². The van der Waals surface area contributed by atoms with Gasteiger partial charge in [-0.15, -0.1) is 0 Å². The zero-order valence-corrected chi connectivity index (χ0v) is 12.3. The van der Waals surface area contributed by atoms with Crippen LogP contribution in [0.2, 0.25) is 0 Å². The molecule has 1 N–H and O–H groups in total. The monoisotopic (exact) mass is 292 g/mol. The van der Waals surface area contributed by atoms with Crippen molar-refractivity contribution in [2.24, 2.45) is 11.3 Å². The first-order valence-electron chi connectivity index (χ1n) is 6.35. The summed E-state index contributed by atoms with van der Waals surface area (Å²) in [4.78, 5) is 22.2. The molecule has 4 nitrogen and oxygen atoms in total. The van der Waals surface area contributed by atoms with Crippen molar-refractivity contribution >= 4 is 18.9 Å². The number of rotatable bonds is 3. The fraction of sp³-hybridized carbons (Fsp3) is 0.267. The van der Waals surface area contributed by atoms with Crippen molar-refractivity contribution in [2.45, 2.75) is 13.8 Å². The van der Waals surface area contributed by atoms with Crippen LogP contribution in [0.4, 0.5) is 0 Å². The fourth-order valence-electron chi connectivity index (χ4n) is 1.97. The number of allylic oxidation sites excluding steroid dienone is 3. The van der Waals surface area contributed by atoms with E-state index in [1.807, 2.05) is 19.1 Å². The van der Waals surface area contributed by atoms with E-state index in [4.69, 9.17) is 4.52 Å². The largest absolute Gasteiger partial charge is 0.410 e. The Morgan fingerprint density at radius 3 is 2.55 bits per heavy atom. The molecule has 2 rings (SSSR count). The Morgan fingerprint density at radius 2 is 1.95 bits per heavy atom. The van der Waals surface area contributed by atoms with E-state index in [-0.39, 0.29) is 11.2 Å². The standard InChI is InChI=1S/C15H17O4P/c1-12-8-6-7-11-15(12,2)14(16)19-20(17,18)13-9-4-3-5-10-13/h3-12H,1-2H3,(H,17,18). The summed E-state index contributed by atoms with van der Waals surface area (Å²) in [5.41, 5.74) is -0.929. The molecule has 0 radical (unpaired) electrons. The van der Waals surface area contributed by atoms with Gasteiger partial charge >= 0.3 is 13.6 Å². The number of carbonyl (C=O) groups is 1. The lowest BCUT2D eigenvalue weighted by Gasteiger charge is -2.31. The maximum absolute atomic E-state index is 12.3. The van der Waals surface area contributed by atoms with Crippen LogP contribution in [0.15, 0.2) is 54.6 Å². The van der Waals surface area contributed by atoms with Gasteiger partial charge in [-0.05, 0) is 25.0 Å². The van der Waals surface area contributed by atoms with Gasteiger partial charge in [0.25, 0.3) is 0 Å². The van der Waals surface area contributed by atoms with Crippen molar-refractivity contribution in [3.05, 3.63) is 54.6 Å². The lowest BCUT2D eigenvalue weighted by Crippen LogP contribution is -2.34. The van der Waals surface area contributed by atoms with Crippen molar-refractivity contribution < 1.29 is 18.8 Å². The van der Waals surface area contributed by atoms with Crippen LogP contribution in [0.5, 0.6) is 0 Å². The third-order valence-corrected chi connectivity index (χ3v) is 4.99. The lowest BCUT2D eigenvalue weighted by atomic mass is 9.75. The molecule has 5 heteroatoms. The molecule has 1 aromatic carbocycles. The van der Waals surface area contributed by atoms with E-state index in [2.05, 4.69) is 0 Å². The van der Waals surface area contributed by atoms with Gasteiger partial charge in [0.2, 0.25) is 0 Å². The summed E-state index contributed by atoms with van der Waals surface area (Å²) in [5.74, 6) is -0.795. The molecule has 1 aliphatic carbocycles. The Bertz CT molecular complexity index is 606. The molecule has 20 heavy (non-hydrogen) atoms. The van der Waals surface area contributed by atoms with E-state index in [9.17, 15) is 14.3 Å². The minimum absolute atomic E-state index is 0.101. The third-order valence-electron chi connectivity index (χ3n) is 3.63. The van der Waals surface area contributed by atoms with E-state index in [0.717, 1.165) is 0 Å². The van der Waals surface area contributed by atoms with E-state index in [0.29, 0.717) is 0 Å². The van der Waals surface area contributed by atoms with Crippen molar-refractivity contribution in [1.82, 2.24) is 0 Å². The smallest absolute Gasteiger partial charge is 0.388 e. The van der Waals surface area contributed by atoms with Crippen LogP contribution in [0.1, 0.15) is 13.8 Å². The highest BCUT2D eigenvalue weighted by molar-refractivity contribution is 7.61. The van der Waals surface area contributed by atoms with Crippen molar-refractivity contribution in [2.75, 3.05) is 0 Å². The summed E-state index contributed by atoms with van der Waals surface area (Å²) in [6.07, 6.45) is 7.15. The van der Waals surface area contributed by atoms with Crippen molar-refractivity contribution in [3.63, 3.8) is 0 Å². The van der Waals surface area contributed by atoms with Gasteiger partial charge in [-0.3, -0.25) is 4.79 Å². The molecule has 0 heterocycles. The topological polar surface area (TPSA) is 63.6 Å². The summed E-state index contributed by atoms with van der Waals surface area (Å²) >= 11 is 0. The van der Waals surface area contributed by atoms with Crippen molar-refractivity contribution in [3.8, 4) is 0 Å². The molecule has 0 fully saturated rings. The molecule has 0 spiro atoms. The molecule has 0 amide bonds. The second-order valence-electron chi connectivity index (χ2n) is 5.05. The maximum Gasteiger partial charge on any atom is 0.410 e. The first kappa shape index (κ1) is 14.8. The summed E-state index contributed by atoms with van der Waals surface area (Å²) in [5, 5.41) is 0.111. The van der Waals surface area contributed by atoms with Crippen LogP contribution in [0.3, 0.4) is 0 Å². The van der Waals surface area contributed by atoms with Crippen LogP contribution in [0, 0.1) is 11.3 Å². The van der Waals surface area contributed by atoms with Crippen LogP contribution >= 0.6 is 7.60 Å².